The Labute approximate surface area is 123 Å². The molecule has 2 N–H and O–H groups in total. The summed E-state index contributed by atoms with van der Waals surface area (Å²) in [6, 6.07) is 5.79. The molecule has 1 aromatic carbocycles. The molecule has 0 aromatic heterocycles. The molecule has 1 amide bonds. The van der Waals surface area contributed by atoms with Gasteiger partial charge in [-0.2, -0.15) is 0 Å². The number of carbonyl (C=O) groups excluding carboxylic acids is 1. The third-order valence-electron chi connectivity index (χ3n) is 4.06. The van der Waals surface area contributed by atoms with E-state index in [1.807, 2.05) is 17.9 Å². The van der Waals surface area contributed by atoms with Crippen LogP contribution in [0.4, 0.5) is 0 Å². The standard InChI is InChI=1S/C15H21BrN2O/c1-3-10(2)14(17)15(19)18-8-7-12-11(9-18)5-4-6-13(12)16/h4-6,10,14H,3,7-9,17H2,1-2H3. The molecule has 4 heteroatoms. The van der Waals surface area contributed by atoms with Crippen molar-refractivity contribution in [2.24, 2.45) is 11.7 Å². The number of hydrogen-bond donors (Lipinski definition) is 1. The first-order valence-electron chi connectivity index (χ1n) is 6.85. The van der Waals surface area contributed by atoms with Crippen molar-refractivity contribution in [3.63, 3.8) is 0 Å². The molecule has 0 radical (unpaired) electrons. The minimum absolute atomic E-state index is 0.0833. The Hall–Kier alpha value is -0.870. The van der Waals surface area contributed by atoms with Crippen molar-refractivity contribution in [3.05, 3.63) is 33.8 Å². The van der Waals surface area contributed by atoms with E-state index >= 15 is 0 Å². The van der Waals surface area contributed by atoms with Crippen LogP contribution in [0.2, 0.25) is 0 Å². The zero-order valence-electron chi connectivity index (χ0n) is 11.5. The predicted molar refractivity (Wildman–Crippen MR) is 80.7 cm³/mol. The third kappa shape index (κ3) is 3.00. The van der Waals surface area contributed by atoms with Crippen LogP contribution in [0.25, 0.3) is 0 Å². The maximum absolute atomic E-state index is 12.4. The van der Waals surface area contributed by atoms with E-state index in [9.17, 15) is 4.79 Å². The van der Waals surface area contributed by atoms with E-state index in [2.05, 4.69) is 35.0 Å². The summed E-state index contributed by atoms with van der Waals surface area (Å²) in [6.07, 6.45) is 1.83. The fourth-order valence-corrected chi connectivity index (χ4v) is 3.06. The van der Waals surface area contributed by atoms with Crippen molar-refractivity contribution in [1.29, 1.82) is 0 Å². The summed E-state index contributed by atoms with van der Waals surface area (Å²) in [6.45, 7) is 5.55. The van der Waals surface area contributed by atoms with Gasteiger partial charge in [-0.3, -0.25) is 4.79 Å². The van der Waals surface area contributed by atoms with E-state index in [0.717, 1.165) is 23.9 Å². The van der Waals surface area contributed by atoms with Crippen LogP contribution >= 0.6 is 15.9 Å². The van der Waals surface area contributed by atoms with Gasteiger partial charge in [-0.05, 0) is 29.5 Å². The van der Waals surface area contributed by atoms with E-state index in [0.29, 0.717) is 6.54 Å². The largest absolute Gasteiger partial charge is 0.337 e. The normalized spacial score (nSPS) is 17.8. The Morgan fingerprint density at radius 1 is 1.53 bits per heavy atom. The van der Waals surface area contributed by atoms with Gasteiger partial charge in [0, 0.05) is 17.6 Å². The molecule has 2 rings (SSSR count). The monoisotopic (exact) mass is 324 g/mol. The number of hydrogen-bond acceptors (Lipinski definition) is 2. The highest BCUT2D eigenvalue weighted by Crippen LogP contribution is 2.26. The molecule has 0 fully saturated rings. The van der Waals surface area contributed by atoms with Gasteiger partial charge in [-0.1, -0.05) is 48.3 Å². The van der Waals surface area contributed by atoms with Crippen LogP contribution in [-0.4, -0.2) is 23.4 Å². The van der Waals surface area contributed by atoms with Gasteiger partial charge in [0.2, 0.25) is 5.91 Å². The van der Waals surface area contributed by atoms with E-state index in [1.165, 1.54) is 11.1 Å². The Morgan fingerprint density at radius 3 is 2.95 bits per heavy atom. The van der Waals surface area contributed by atoms with E-state index in [-0.39, 0.29) is 17.9 Å². The molecule has 2 atom stereocenters. The van der Waals surface area contributed by atoms with Crippen LogP contribution in [0.15, 0.2) is 22.7 Å². The predicted octanol–water partition coefficient (Wildman–Crippen LogP) is 2.71. The van der Waals surface area contributed by atoms with Gasteiger partial charge in [0.15, 0.2) is 0 Å². The zero-order valence-corrected chi connectivity index (χ0v) is 13.1. The van der Waals surface area contributed by atoms with Crippen molar-refractivity contribution in [3.8, 4) is 0 Å². The van der Waals surface area contributed by atoms with Gasteiger partial charge in [-0.15, -0.1) is 0 Å². The Balaban J connectivity index is 2.12. The van der Waals surface area contributed by atoms with Crippen molar-refractivity contribution >= 4 is 21.8 Å². The molecule has 0 saturated heterocycles. The lowest BCUT2D eigenvalue weighted by Crippen LogP contribution is -2.48. The summed E-state index contributed by atoms with van der Waals surface area (Å²) in [4.78, 5) is 14.3. The molecular weight excluding hydrogens is 304 g/mol. The molecule has 0 saturated carbocycles. The minimum Gasteiger partial charge on any atom is -0.337 e. The number of carbonyl (C=O) groups is 1. The molecule has 0 aliphatic carbocycles. The highest BCUT2D eigenvalue weighted by atomic mass is 79.9. The zero-order chi connectivity index (χ0) is 14.0. The number of rotatable bonds is 3. The van der Waals surface area contributed by atoms with Crippen molar-refractivity contribution in [2.45, 2.75) is 39.3 Å². The number of nitrogens with zero attached hydrogens (tertiary/aromatic N) is 1. The Morgan fingerprint density at radius 2 is 2.26 bits per heavy atom. The summed E-state index contributed by atoms with van der Waals surface area (Å²) in [5.74, 6) is 0.316. The fourth-order valence-electron chi connectivity index (χ4n) is 2.46. The first-order chi connectivity index (χ1) is 9.04. The van der Waals surface area contributed by atoms with Gasteiger partial charge in [0.05, 0.1) is 6.04 Å². The maximum atomic E-state index is 12.4. The average molecular weight is 325 g/mol. The quantitative estimate of drug-likeness (QED) is 0.929. The van der Waals surface area contributed by atoms with Crippen LogP contribution in [-0.2, 0) is 17.8 Å². The number of benzene rings is 1. The lowest BCUT2D eigenvalue weighted by Gasteiger charge is -2.32. The number of halogens is 1. The maximum Gasteiger partial charge on any atom is 0.240 e. The fraction of sp³-hybridized carbons (Fsp3) is 0.533. The number of fused-ring (bicyclic) bond motifs is 1. The first-order valence-corrected chi connectivity index (χ1v) is 7.64. The summed E-state index contributed by atoms with van der Waals surface area (Å²) < 4.78 is 1.14. The minimum atomic E-state index is -0.376. The van der Waals surface area contributed by atoms with E-state index < -0.39 is 0 Å². The van der Waals surface area contributed by atoms with Crippen LogP contribution < -0.4 is 5.73 Å². The van der Waals surface area contributed by atoms with Crippen LogP contribution in [0.3, 0.4) is 0 Å². The summed E-state index contributed by atoms with van der Waals surface area (Å²) in [5, 5.41) is 0. The second kappa shape index (κ2) is 6.06. The molecule has 19 heavy (non-hydrogen) atoms. The molecule has 3 nitrogen and oxygen atoms in total. The van der Waals surface area contributed by atoms with Crippen molar-refractivity contribution in [2.75, 3.05) is 6.54 Å². The van der Waals surface area contributed by atoms with Crippen molar-refractivity contribution in [1.82, 2.24) is 4.90 Å². The molecule has 1 aliphatic heterocycles. The first kappa shape index (κ1) is 14.5. The van der Waals surface area contributed by atoms with Gasteiger partial charge in [0.1, 0.15) is 0 Å². The highest BCUT2D eigenvalue weighted by molar-refractivity contribution is 9.10. The topological polar surface area (TPSA) is 46.3 Å². The van der Waals surface area contributed by atoms with Crippen molar-refractivity contribution < 1.29 is 4.79 Å². The SMILES string of the molecule is CCC(C)C(N)C(=O)N1CCc2c(Br)cccc2C1. The molecular formula is C15H21BrN2O. The summed E-state index contributed by atoms with van der Waals surface area (Å²) in [5.41, 5.74) is 8.60. The Bertz CT molecular complexity index is 475. The van der Waals surface area contributed by atoms with E-state index in [1.54, 1.807) is 0 Å². The summed E-state index contributed by atoms with van der Waals surface area (Å²) >= 11 is 3.57. The highest BCUT2D eigenvalue weighted by Gasteiger charge is 2.28. The second-order valence-electron chi connectivity index (χ2n) is 5.30. The van der Waals surface area contributed by atoms with Crippen LogP contribution in [0.5, 0.6) is 0 Å². The average Bonchev–Trinajstić information content (AvgIpc) is 2.44. The summed E-state index contributed by atoms with van der Waals surface area (Å²) in [7, 11) is 0. The van der Waals surface area contributed by atoms with Gasteiger partial charge < -0.3 is 10.6 Å². The lowest BCUT2D eigenvalue weighted by atomic mass is 9.96. The molecule has 1 aromatic rings. The number of nitrogens with two attached hydrogens (primary N) is 1. The molecule has 0 spiro atoms. The van der Waals surface area contributed by atoms with Crippen LogP contribution in [0.1, 0.15) is 31.4 Å². The molecule has 2 unspecified atom stereocenters. The third-order valence-corrected chi connectivity index (χ3v) is 4.81. The smallest absolute Gasteiger partial charge is 0.240 e. The Kier molecular flexibility index (Phi) is 4.63. The molecule has 1 heterocycles. The molecule has 1 aliphatic rings. The van der Waals surface area contributed by atoms with Gasteiger partial charge in [-0.25, -0.2) is 0 Å². The van der Waals surface area contributed by atoms with Gasteiger partial charge in [0.25, 0.3) is 0 Å². The van der Waals surface area contributed by atoms with Crippen LogP contribution in [0, 0.1) is 5.92 Å². The molecule has 0 bridgehead atoms. The second-order valence-corrected chi connectivity index (χ2v) is 6.15. The lowest BCUT2D eigenvalue weighted by molar-refractivity contribution is -0.134. The molecule has 104 valence electrons. The number of amides is 1. The van der Waals surface area contributed by atoms with E-state index in [4.69, 9.17) is 5.73 Å². The van der Waals surface area contributed by atoms with Gasteiger partial charge >= 0.3 is 0 Å².